The average Bonchev–Trinajstić information content (AvgIpc) is 3.48. The predicted octanol–water partition coefficient (Wildman–Crippen LogP) is 7.24. The fourth-order valence-electron chi connectivity index (χ4n) is 8.76. The average molecular weight is 691 g/mol. The zero-order chi connectivity index (χ0) is 34.8. The van der Waals surface area contributed by atoms with Gasteiger partial charge in [0, 0.05) is 43.1 Å². The second-order valence-electron chi connectivity index (χ2n) is 14.7. The first kappa shape index (κ1) is 34.9. The van der Waals surface area contributed by atoms with Gasteiger partial charge in [0.25, 0.3) is 0 Å². The number of hydrogen-bond acceptors (Lipinski definition) is 4. The number of alkyl halides is 3. The summed E-state index contributed by atoms with van der Waals surface area (Å²) in [5.74, 6) is 1.88. The molecular weight excluding hydrogens is 646 g/mol. The number of rotatable bonds is 12. The summed E-state index contributed by atoms with van der Waals surface area (Å²) in [6.45, 7) is 4.85. The summed E-state index contributed by atoms with van der Waals surface area (Å²) in [5, 5.41) is 16.5. The number of nitrogens with one attached hydrogen (secondary N) is 2. The number of imidazole rings is 1. The molecule has 0 saturated heterocycles. The van der Waals surface area contributed by atoms with Crippen LogP contribution in [0.2, 0.25) is 0 Å². The van der Waals surface area contributed by atoms with E-state index in [0.717, 1.165) is 43.0 Å². The van der Waals surface area contributed by atoms with Gasteiger partial charge in [0.1, 0.15) is 0 Å². The number of halogens is 3. The highest BCUT2D eigenvalue weighted by atomic mass is 32.1. The number of carbonyl (C=O) groups excluding carboxylic acids is 1. The molecule has 3 aromatic rings. The van der Waals surface area contributed by atoms with Crippen molar-refractivity contribution < 1.29 is 18.0 Å². The molecule has 2 aromatic carbocycles. The molecule has 4 bridgehead atoms. The van der Waals surface area contributed by atoms with Gasteiger partial charge in [-0.05, 0) is 104 Å². The van der Waals surface area contributed by atoms with Crippen molar-refractivity contribution in [2.24, 2.45) is 23.7 Å². The van der Waals surface area contributed by atoms with Crippen molar-refractivity contribution in [2.45, 2.75) is 96.1 Å². The van der Waals surface area contributed by atoms with Crippen molar-refractivity contribution >= 4 is 23.2 Å². The first-order valence-electron chi connectivity index (χ1n) is 17.4. The molecule has 4 saturated carbocycles. The maximum Gasteiger partial charge on any atom is 0.416 e. The van der Waals surface area contributed by atoms with E-state index in [1.54, 1.807) is 30.7 Å². The number of carbonyl (C=O) groups is 1. The van der Waals surface area contributed by atoms with Crippen LogP contribution in [0.25, 0.3) is 0 Å². The van der Waals surface area contributed by atoms with E-state index in [1.165, 1.54) is 31.4 Å². The van der Waals surface area contributed by atoms with Gasteiger partial charge < -0.3 is 20.1 Å². The van der Waals surface area contributed by atoms with Crippen LogP contribution in [-0.2, 0) is 30.5 Å². The second-order valence-corrected chi connectivity index (χ2v) is 15.1. The van der Waals surface area contributed by atoms with Crippen LogP contribution in [0.3, 0.4) is 0 Å². The highest BCUT2D eigenvalue weighted by Gasteiger charge is 2.51. The van der Waals surface area contributed by atoms with Crippen LogP contribution >= 0.6 is 12.2 Å². The van der Waals surface area contributed by atoms with E-state index in [4.69, 9.17) is 17.5 Å². The molecule has 0 unspecified atom stereocenters. The summed E-state index contributed by atoms with van der Waals surface area (Å²) in [5.41, 5.74) is 1.66. The van der Waals surface area contributed by atoms with Crippen LogP contribution in [0.1, 0.15) is 86.7 Å². The van der Waals surface area contributed by atoms with Crippen LogP contribution in [0.15, 0.2) is 61.1 Å². The molecule has 7 nitrogen and oxygen atoms in total. The minimum Gasteiger partial charge on any atom is -0.357 e. The van der Waals surface area contributed by atoms with E-state index < -0.39 is 11.7 Å². The van der Waals surface area contributed by atoms with Crippen LogP contribution in [0.5, 0.6) is 0 Å². The third kappa shape index (κ3) is 8.29. The lowest BCUT2D eigenvalue weighted by Crippen LogP contribution is -2.62. The summed E-state index contributed by atoms with van der Waals surface area (Å²) in [6, 6.07) is 14.7. The largest absolute Gasteiger partial charge is 0.416 e. The SMILES string of the molecule is CC[C@H](C)[C@@H](CN(Cc1ccccc1C(F)(F)F)C(=S)NC12CC3CC(CC(C3)C1)C2)NC(=O)Cc1cncn1Cc1ccc(C#N)cc1. The molecule has 4 aliphatic rings. The molecule has 4 aliphatic carbocycles. The topological polar surface area (TPSA) is 86.0 Å². The lowest BCUT2D eigenvalue weighted by Gasteiger charge is -2.57. The molecule has 2 N–H and O–H groups in total. The van der Waals surface area contributed by atoms with Gasteiger partial charge in [-0.25, -0.2) is 4.98 Å². The quantitative estimate of drug-likeness (QED) is 0.195. The van der Waals surface area contributed by atoms with E-state index in [2.05, 4.69) is 28.6 Å². The van der Waals surface area contributed by atoms with Gasteiger partial charge in [-0.2, -0.15) is 18.4 Å². The molecule has 7 rings (SSSR count). The molecule has 49 heavy (non-hydrogen) atoms. The maximum absolute atomic E-state index is 14.1. The number of benzene rings is 2. The number of nitrogens with zero attached hydrogens (tertiary/aromatic N) is 4. The molecule has 1 aromatic heterocycles. The molecule has 0 radical (unpaired) electrons. The lowest BCUT2D eigenvalue weighted by atomic mass is 9.53. The standard InChI is InChI=1S/C38H45F3N6OS/c1-3-25(2)34(44-35(48)15-32-20-43-24-47(32)21-27-10-8-26(19-42)9-11-27)23-46(22-31-6-4-5-7-33(31)38(39,40)41)36(49)45-37-16-28-12-29(17-37)14-30(13-28)18-37/h4-11,20,24-25,28-30,34H,3,12-18,21-23H2,1-2H3,(H,44,48)(H,45,49)/t25-,28?,29?,30?,34+,37?/m0/s1. The Hall–Kier alpha value is -3.91. The van der Waals surface area contributed by atoms with Crippen molar-refractivity contribution in [3.05, 3.63) is 89.0 Å². The molecule has 11 heteroatoms. The minimum absolute atomic E-state index is 0.0198. The Balaban J connectivity index is 1.20. The molecule has 1 heterocycles. The van der Waals surface area contributed by atoms with Crippen molar-refractivity contribution in [3.63, 3.8) is 0 Å². The Kier molecular flexibility index (Phi) is 10.4. The fourth-order valence-corrected chi connectivity index (χ4v) is 9.12. The number of hydrogen-bond donors (Lipinski definition) is 2. The maximum atomic E-state index is 14.1. The van der Waals surface area contributed by atoms with Gasteiger partial charge in [-0.15, -0.1) is 0 Å². The molecular formula is C38H45F3N6OS. The van der Waals surface area contributed by atoms with Gasteiger partial charge in [0.2, 0.25) is 5.91 Å². The molecule has 0 spiro atoms. The number of thiocarbonyl (C=S) groups is 1. The van der Waals surface area contributed by atoms with Crippen LogP contribution in [0.4, 0.5) is 13.2 Å². The van der Waals surface area contributed by atoms with E-state index in [9.17, 15) is 18.0 Å². The number of aromatic nitrogens is 2. The van der Waals surface area contributed by atoms with Gasteiger partial charge in [-0.3, -0.25) is 4.79 Å². The molecule has 4 fully saturated rings. The summed E-state index contributed by atoms with van der Waals surface area (Å²) >= 11 is 6.08. The minimum atomic E-state index is -4.50. The van der Waals surface area contributed by atoms with Gasteiger partial charge >= 0.3 is 6.18 Å². The Morgan fingerprint density at radius 1 is 1.10 bits per heavy atom. The van der Waals surface area contributed by atoms with Crippen molar-refractivity contribution in [1.29, 1.82) is 5.26 Å². The summed E-state index contributed by atoms with van der Waals surface area (Å²) in [6.07, 6.45) is 6.67. The highest BCUT2D eigenvalue weighted by Crippen LogP contribution is 2.55. The molecule has 2 atom stereocenters. The van der Waals surface area contributed by atoms with Gasteiger partial charge in [-0.1, -0.05) is 50.6 Å². The van der Waals surface area contributed by atoms with Crippen molar-refractivity contribution in [1.82, 2.24) is 25.1 Å². The van der Waals surface area contributed by atoms with Crippen molar-refractivity contribution in [3.8, 4) is 6.07 Å². The van der Waals surface area contributed by atoms with E-state index in [0.29, 0.717) is 35.0 Å². The smallest absolute Gasteiger partial charge is 0.357 e. The highest BCUT2D eigenvalue weighted by molar-refractivity contribution is 7.80. The molecule has 260 valence electrons. The van der Waals surface area contributed by atoms with E-state index >= 15 is 0 Å². The predicted molar refractivity (Wildman–Crippen MR) is 186 cm³/mol. The normalized spacial score (nSPS) is 23.8. The third-order valence-corrected chi connectivity index (χ3v) is 11.4. The summed E-state index contributed by atoms with van der Waals surface area (Å²) in [4.78, 5) is 19.7. The summed E-state index contributed by atoms with van der Waals surface area (Å²) < 4.78 is 44.3. The Morgan fingerprint density at radius 3 is 2.37 bits per heavy atom. The molecule has 1 amide bonds. The Labute approximate surface area is 292 Å². The van der Waals surface area contributed by atoms with Gasteiger partial charge in [0.05, 0.1) is 29.9 Å². The second kappa shape index (κ2) is 14.5. The monoisotopic (exact) mass is 690 g/mol. The van der Waals surface area contributed by atoms with E-state index in [1.807, 2.05) is 28.5 Å². The first-order chi connectivity index (χ1) is 23.4. The number of nitriles is 1. The first-order valence-corrected chi connectivity index (χ1v) is 17.8. The van der Waals surface area contributed by atoms with Crippen LogP contribution < -0.4 is 10.6 Å². The van der Waals surface area contributed by atoms with Crippen LogP contribution in [0, 0.1) is 35.0 Å². The summed E-state index contributed by atoms with van der Waals surface area (Å²) in [7, 11) is 0. The Bertz CT molecular complexity index is 1640. The Morgan fingerprint density at radius 2 is 1.76 bits per heavy atom. The lowest BCUT2D eigenvalue weighted by molar-refractivity contribution is -0.138. The van der Waals surface area contributed by atoms with Gasteiger partial charge in [0.15, 0.2) is 5.11 Å². The van der Waals surface area contributed by atoms with Crippen molar-refractivity contribution in [2.75, 3.05) is 6.54 Å². The third-order valence-electron chi connectivity index (χ3n) is 11.1. The van der Waals surface area contributed by atoms with E-state index in [-0.39, 0.29) is 48.5 Å². The zero-order valence-corrected chi connectivity index (χ0v) is 29.0. The fraction of sp³-hybridized carbons (Fsp3) is 0.526. The number of amides is 1. The zero-order valence-electron chi connectivity index (χ0n) is 28.2. The van der Waals surface area contributed by atoms with Crippen LogP contribution in [-0.4, -0.2) is 43.6 Å². The molecule has 0 aliphatic heterocycles.